The Morgan fingerprint density at radius 2 is 1.72 bits per heavy atom. The molecule has 128 valence electrons. The van der Waals surface area contributed by atoms with Crippen LogP contribution in [0.2, 0.25) is 0 Å². The van der Waals surface area contributed by atoms with Gasteiger partial charge in [0.1, 0.15) is 11.5 Å². The van der Waals surface area contributed by atoms with Gasteiger partial charge in [0.15, 0.2) is 0 Å². The standard InChI is InChI=1S/C21H21NO3/c1-4-24-19-11-7-16(8-12-19)20-14-17(21(23)25-20)13-15-5-9-18(10-6-15)22(2)3/h5-14H,4H2,1-3H3/b17-13-. The molecule has 0 aromatic heterocycles. The van der Waals surface area contributed by atoms with E-state index in [0.29, 0.717) is 17.9 Å². The van der Waals surface area contributed by atoms with Gasteiger partial charge in [-0.2, -0.15) is 0 Å². The number of ether oxygens (including phenoxy) is 2. The number of nitrogens with zero attached hydrogens (tertiary/aromatic N) is 1. The van der Waals surface area contributed by atoms with Crippen LogP contribution in [0.15, 0.2) is 60.2 Å². The zero-order chi connectivity index (χ0) is 17.8. The van der Waals surface area contributed by atoms with Crippen molar-refractivity contribution >= 4 is 23.5 Å². The number of hydrogen-bond donors (Lipinski definition) is 0. The predicted molar refractivity (Wildman–Crippen MR) is 100 cm³/mol. The second-order valence-corrected chi connectivity index (χ2v) is 5.94. The van der Waals surface area contributed by atoms with Crippen LogP contribution < -0.4 is 9.64 Å². The number of benzene rings is 2. The third-order valence-electron chi connectivity index (χ3n) is 3.91. The monoisotopic (exact) mass is 335 g/mol. The molecule has 1 aliphatic rings. The summed E-state index contributed by atoms with van der Waals surface area (Å²) in [5.41, 5.74) is 3.47. The summed E-state index contributed by atoms with van der Waals surface area (Å²) < 4.78 is 10.8. The highest BCUT2D eigenvalue weighted by molar-refractivity contribution is 6.05. The van der Waals surface area contributed by atoms with Crippen LogP contribution in [0.1, 0.15) is 18.1 Å². The minimum atomic E-state index is -0.333. The molecule has 2 aromatic rings. The molecular weight excluding hydrogens is 314 g/mol. The highest BCUT2D eigenvalue weighted by atomic mass is 16.5. The number of cyclic esters (lactones) is 1. The molecule has 1 aliphatic heterocycles. The van der Waals surface area contributed by atoms with Crippen LogP contribution in [-0.4, -0.2) is 26.7 Å². The molecule has 0 aliphatic carbocycles. The van der Waals surface area contributed by atoms with Crippen molar-refractivity contribution in [1.29, 1.82) is 0 Å². The normalized spacial score (nSPS) is 15.1. The first-order valence-corrected chi connectivity index (χ1v) is 8.23. The van der Waals surface area contributed by atoms with Gasteiger partial charge in [0, 0.05) is 25.3 Å². The summed E-state index contributed by atoms with van der Waals surface area (Å²) in [6.45, 7) is 2.56. The van der Waals surface area contributed by atoms with E-state index in [9.17, 15) is 4.79 Å². The molecule has 0 N–H and O–H groups in total. The van der Waals surface area contributed by atoms with Crippen LogP contribution in [0.4, 0.5) is 5.69 Å². The Bertz CT molecular complexity index is 815. The van der Waals surface area contributed by atoms with Crippen molar-refractivity contribution in [2.24, 2.45) is 0 Å². The molecule has 0 unspecified atom stereocenters. The summed E-state index contributed by atoms with van der Waals surface area (Å²) >= 11 is 0. The van der Waals surface area contributed by atoms with E-state index >= 15 is 0 Å². The fraction of sp³-hybridized carbons (Fsp3) is 0.190. The smallest absolute Gasteiger partial charge is 0.343 e. The van der Waals surface area contributed by atoms with Crippen molar-refractivity contribution in [2.45, 2.75) is 6.92 Å². The van der Waals surface area contributed by atoms with Crippen LogP contribution in [0.25, 0.3) is 11.8 Å². The third kappa shape index (κ3) is 3.91. The second-order valence-electron chi connectivity index (χ2n) is 5.94. The molecule has 0 saturated heterocycles. The van der Waals surface area contributed by atoms with Gasteiger partial charge in [-0.15, -0.1) is 0 Å². The van der Waals surface area contributed by atoms with E-state index in [-0.39, 0.29) is 5.97 Å². The molecule has 0 atom stereocenters. The molecule has 2 aromatic carbocycles. The number of rotatable bonds is 5. The van der Waals surface area contributed by atoms with E-state index in [1.54, 1.807) is 6.08 Å². The summed E-state index contributed by atoms with van der Waals surface area (Å²) in [6, 6.07) is 15.5. The Morgan fingerprint density at radius 1 is 1.04 bits per heavy atom. The number of carbonyl (C=O) groups is 1. The molecule has 4 heteroatoms. The van der Waals surface area contributed by atoms with Crippen molar-refractivity contribution in [3.63, 3.8) is 0 Å². The van der Waals surface area contributed by atoms with E-state index in [2.05, 4.69) is 0 Å². The van der Waals surface area contributed by atoms with Gasteiger partial charge in [-0.1, -0.05) is 12.1 Å². The van der Waals surface area contributed by atoms with Gasteiger partial charge >= 0.3 is 5.97 Å². The van der Waals surface area contributed by atoms with Crippen molar-refractivity contribution in [2.75, 3.05) is 25.6 Å². The van der Waals surface area contributed by atoms with Gasteiger partial charge < -0.3 is 14.4 Å². The van der Waals surface area contributed by atoms with Gasteiger partial charge in [-0.3, -0.25) is 0 Å². The van der Waals surface area contributed by atoms with Gasteiger partial charge in [0.2, 0.25) is 0 Å². The molecule has 4 nitrogen and oxygen atoms in total. The molecule has 25 heavy (non-hydrogen) atoms. The lowest BCUT2D eigenvalue weighted by atomic mass is 10.1. The topological polar surface area (TPSA) is 38.8 Å². The van der Waals surface area contributed by atoms with Gasteiger partial charge in [0.05, 0.1) is 12.2 Å². The van der Waals surface area contributed by atoms with Crippen LogP contribution in [0.3, 0.4) is 0 Å². The lowest BCUT2D eigenvalue weighted by molar-refractivity contribution is -0.130. The fourth-order valence-corrected chi connectivity index (χ4v) is 2.56. The minimum absolute atomic E-state index is 0.333. The Morgan fingerprint density at radius 3 is 2.32 bits per heavy atom. The first kappa shape index (κ1) is 16.8. The average molecular weight is 335 g/mol. The van der Waals surface area contributed by atoms with E-state index < -0.39 is 0 Å². The summed E-state index contributed by atoms with van der Waals surface area (Å²) in [6.07, 6.45) is 3.61. The number of hydrogen-bond acceptors (Lipinski definition) is 4. The number of carbonyl (C=O) groups excluding carboxylic acids is 1. The largest absolute Gasteiger partial charge is 0.494 e. The number of anilines is 1. The molecule has 0 bridgehead atoms. The Kier molecular flexibility index (Phi) is 4.89. The van der Waals surface area contributed by atoms with Gasteiger partial charge in [-0.25, -0.2) is 4.79 Å². The first-order valence-electron chi connectivity index (χ1n) is 8.23. The van der Waals surface area contributed by atoms with Crippen LogP contribution >= 0.6 is 0 Å². The van der Waals surface area contributed by atoms with Crippen molar-refractivity contribution in [3.05, 3.63) is 71.3 Å². The maximum Gasteiger partial charge on any atom is 0.343 e. The molecule has 0 amide bonds. The van der Waals surface area contributed by atoms with Crippen LogP contribution in [0, 0.1) is 0 Å². The molecule has 3 rings (SSSR count). The summed E-state index contributed by atoms with van der Waals surface area (Å²) in [7, 11) is 3.99. The van der Waals surface area contributed by atoms with Crippen LogP contribution in [0.5, 0.6) is 5.75 Å². The van der Waals surface area contributed by atoms with E-state index in [1.165, 1.54) is 0 Å². The highest BCUT2D eigenvalue weighted by Crippen LogP contribution is 2.28. The van der Waals surface area contributed by atoms with Crippen molar-refractivity contribution in [3.8, 4) is 5.75 Å². The minimum Gasteiger partial charge on any atom is -0.494 e. The lowest BCUT2D eigenvalue weighted by Crippen LogP contribution is -2.07. The third-order valence-corrected chi connectivity index (χ3v) is 3.91. The first-order chi connectivity index (χ1) is 12.1. The number of esters is 1. The Labute approximate surface area is 148 Å². The SMILES string of the molecule is CCOc1ccc(C2=C/C(=C/c3ccc(N(C)C)cc3)C(=O)O2)cc1. The van der Waals surface area contributed by atoms with E-state index in [4.69, 9.17) is 9.47 Å². The maximum atomic E-state index is 12.1. The van der Waals surface area contributed by atoms with Gasteiger partial charge in [0.25, 0.3) is 0 Å². The Balaban J connectivity index is 1.81. The molecule has 0 saturated carbocycles. The quantitative estimate of drug-likeness (QED) is 0.608. The second kappa shape index (κ2) is 7.26. The molecule has 0 radical (unpaired) electrons. The predicted octanol–water partition coefficient (Wildman–Crippen LogP) is 4.13. The zero-order valence-electron chi connectivity index (χ0n) is 14.7. The summed E-state index contributed by atoms with van der Waals surface area (Å²) in [4.78, 5) is 14.2. The van der Waals surface area contributed by atoms with Crippen molar-refractivity contribution < 1.29 is 14.3 Å². The Hall–Kier alpha value is -3.01. The average Bonchev–Trinajstić information content (AvgIpc) is 2.97. The van der Waals surface area contributed by atoms with E-state index in [1.807, 2.05) is 80.5 Å². The summed E-state index contributed by atoms with van der Waals surface area (Å²) in [5, 5.41) is 0. The molecule has 0 fully saturated rings. The molecule has 1 heterocycles. The maximum absolute atomic E-state index is 12.1. The highest BCUT2D eigenvalue weighted by Gasteiger charge is 2.21. The van der Waals surface area contributed by atoms with Crippen LogP contribution in [-0.2, 0) is 9.53 Å². The summed E-state index contributed by atoms with van der Waals surface area (Å²) in [5.74, 6) is 1.03. The lowest BCUT2D eigenvalue weighted by Gasteiger charge is -2.11. The van der Waals surface area contributed by atoms with Crippen molar-refractivity contribution in [1.82, 2.24) is 0 Å². The fourth-order valence-electron chi connectivity index (χ4n) is 2.56. The van der Waals surface area contributed by atoms with E-state index in [0.717, 1.165) is 22.6 Å². The van der Waals surface area contributed by atoms with Gasteiger partial charge in [-0.05, 0) is 61.0 Å². The zero-order valence-corrected chi connectivity index (χ0v) is 14.7. The molecule has 0 spiro atoms. The molecular formula is C21H21NO3.